The molecule has 0 fully saturated rings. The SMILES string of the molecule is CCCC(N)Cn1nc(CC)cc1CC. The van der Waals surface area contributed by atoms with Crippen molar-refractivity contribution in [2.75, 3.05) is 0 Å². The first-order chi connectivity index (χ1) is 7.21. The minimum absolute atomic E-state index is 0.241. The van der Waals surface area contributed by atoms with E-state index < -0.39 is 0 Å². The maximum atomic E-state index is 6.03. The zero-order chi connectivity index (χ0) is 11.3. The monoisotopic (exact) mass is 209 g/mol. The highest BCUT2D eigenvalue weighted by Crippen LogP contribution is 2.08. The quantitative estimate of drug-likeness (QED) is 0.780. The smallest absolute Gasteiger partial charge is 0.0624 e. The summed E-state index contributed by atoms with van der Waals surface area (Å²) in [6, 6.07) is 2.43. The van der Waals surface area contributed by atoms with Crippen LogP contribution in [0.25, 0.3) is 0 Å². The molecule has 0 saturated heterocycles. The minimum atomic E-state index is 0.241. The molecule has 1 aromatic heterocycles. The van der Waals surface area contributed by atoms with Gasteiger partial charge in [-0.2, -0.15) is 5.10 Å². The molecule has 0 bridgehead atoms. The van der Waals surface area contributed by atoms with E-state index in [4.69, 9.17) is 5.73 Å². The Hall–Kier alpha value is -0.830. The summed E-state index contributed by atoms with van der Waals surface area (Å²) in [5, 5.41) is 4.56. The molecular formula is C12H23N3. The van der Waals surface area contributed by atoms with Gasteiger partial charge in [0.1, 0.15) is 0 Å². The molecule has 0 spiro atoms. The van der Waals surface area contributed by atoms with Crippen LogP contribution in [0, 0.1) is 0 Å². The first kappa shape index (κ1) is 12.2. The van der Waals surface area contributed by atoms with Gasteiger partial charge >= 0.3 is 0 Å². The average molecular weight is 209 g/mol. The fraction of sp³-hybridized carbons (Fsp3) is 0.750. The Balaban J connectivity index is 2.69. The van der Waals surface area contributed by atoms with E-state index in [1.165, 1.54) is 11.4 Å². The molecule has 1 atom stereocenters. The topological polar surface area (TPSA) is 43.8 Å². The number of hydrogen-bond donors (Lipinski definition) is 1. The standard InChI is InChI=1S/C12H23N3/c1-4-7-10(13)9-15-12(6-3)8-11(5-2)14-15/h8,10H,4-7,9,13H2,1-3H3. The van der Waals surface area contributed by atoms with Gasteiger partial charge in [-0.1, -0.05) is 27.2 Å². The van der Waals surface area contributed by atoms with Crippen LogP contribution >= 0.6 is 0 Å². The van der Waals surface area contributed by atoms with Crippen molar-refractivity contribution < 1.29 is 0 Å². The highest BCUT2D eigenvalue weighted by molar-refractivity contribution is 5.10. The molecule has 0 amide bonds. The van der Waals surface area contributed by atoms with Gasteiger partial charge < -0.3 is 5.73 Å². The maximum absolute atomic E-state index is 6.03. The predicted molar refractivity (Wildman–Crippen MR) is 63.9 cm³/mol. The Bertz CT molecular complexity index is 291. The molecule has 0 aromatic carbocycles. The predicted octanol–water partition coefficient (Wildman–Crippen LogP) is 2.14. The zero-order valence-corrected chi connectivity index (χ0v) is 10.2. The van der Waals surface area contributed by atoms with Crippen molar-refractivity contribution in [3.63, 3.8) is 0 Å². The molecule has 1 unspecified atom stereocenters. The first-order valence-electron chi connectivity index (χ1n) is 6.02. The van der Waals surface area contributed by atoms with Crippen molar-refractivity contribution in [1.82, 2.24) is 9.78 Å². The minimum Gasteiger partial charge on any atom is -0.326 e. The zero-order valence-electron chi connectivity index (χ0n) is 10.2. The molecule has 0 aliphatic heterocycles. The van der Waals surface area contributed by atoms with Crippen molar-refractivity contribution in [3.05, 3.63) is 17.5 Å². The summed E-state index contributed by atoms with van der Waals surface area (Å²) in [6.07, 6.45) is 4.25. The number of nitrogens with two attached hydrogens (primary N) is 1. The summed E-state index contributed by atoms with van der Waals surface area (Å²) in [5.41, 5.74) is 8.51. The van der Waals surface area contributed by atoms with Crippen molar-refractivity contribution in [2.45, 2.75) is 59.0 Å². The lowest BCUT2D eigenvalue weighted by Gasteiger charge is -2.12. The molecule has 0 saturated carbocycles. The summed E-state index contributed by atoms with van der Waals surface area (Å²) in [6.45, 7) is 7.33. The third kappa shape index (κ3) is 3.34. The second kappa shape index (κ2) is 5.91. The van der Waals surface area contributed by atoms with Crippen molar-refractivity contribution in [2.24, 2.45) is 5.73 Å². The molecule has 86 valence electrons. The molecular weight excluding hydrogens is 186 g/mol. The van der Waals surface area contributed by atoms with Crippen LogP contribution in [0.1, 0.15) is 45.0 Å². The van der Waals surface area contributed by atoms with Crippen LogP contribution in [-0.4, -0.2) is 15.8 Å². The fourth-order valence-electron chi connectivity index (χ4n) is 1.81. The molecule has 0 radical (unpaired) electrons. The first-order valence-corrected chi connectivity index (χ1v) is 6.02. The molecule has 15 heavy (non-hydrogen) atoms. The molecule has 3 nitrogen and oxygen atoms in total. The Morgan fingerprint density at radius 3 is 2.60 bits per heavy atom. The Morgan fingerprint density at radius 2 is 2.07 bits per heavy atom. The van der Waals surface area contributed by atoms with Gasteiger partial charge in [-0.15, -0.1) is 0 Å². The number of hydrogen-bond acceptors (Lipinski definition) is 2. The number of aromatic nitrogens is 2. The largest absolute Gasteiger partial charge is 0.326 e. The van der Waals surface area contributed by atoms with Crippen LogP contribution in [0.2, 0.25) is 0 Å². The van der Waals surface area contributed by atoms with Gasteiger partial charge in [0.25, 0.3) is 0 Å². The van der Waals surface area contributed by atoms with Gasteiger partial charge in [0.05, 0.1) is 12.2 Å². The summed E-state index contributed by atoms with van der Waals surface area (Å²) >= 11 is 0. The molecule has 1 heterocycles. The average Bonchev–Trinajstić information content (AvgIpc) is 2.60. The highest BCUT2D eigenvalue weighted by atomic mass is 15.3. The third-order valence-corrected chi connectivity index (χ3v) is 2.71. The second-order valence-corrected chi connectivity index (χ2v) is 4.06. The van der Waals surface area contributed by atoms with E-state index in [1.807, 2.05) is 0 Å². The summed E-state index contributed by atoms with van der Waals surface area (Å²) in [4.78, 5) is 0. The van der Waals surface area contributed by atoms with E-state index in [0.29, 0.717) is 0 Å². The number of nitrogens with zero attached hydrogens (tertiary/aromatic N) is 2. The van der Waals surface area contributed by atoms with E-state index in [0.717, 1.165) is 32.2 Å². The Kier molecular flexibility index (Phi) is 4.82. The van der Waals surface area contributed by atoms with Gasteiger partial charge in [-0.05, 0) is 25.3 Å². The van der Waals surface area contributed by atoms with E-state index in [-0.39, 0.29) is 6.04 Å². The Labute approximate surface area is 92.7 Å². The lowest BCUT2D eigenvalue weighted by atomic mass is 10.2. The van der Waals surface area contributed by atoms with Crippen LogP contribution in [-0.2, 0) is 19.4 Å². The second-order valence-electron chi connectivity index (χ2n) is 4.06. The molecule has 2 N–H and O–H groups in total. The normalized spacial score (nSPS) is 13.1. The van der Waals surface area contributed by atoms with Gasteiger partial charge in [0.2, 0.25) is 0 Å². The van der Waals surface area contributed by atoms with E-state index >= 15 is 0 Å². The molecule has 1 rings (SSSR count). The summed E-state index contributed by atoms with van der Waals surface area (Å²) < 4.78 is 2.08. The van der Waals surface area contributed by atoms with Crippen LogP contribution in [0.4, 0.5) is 0 Å². The summed E-state index contributed by atoms with van der Waals surface area (Å²) in [7, 11) is 0. The van der Waals surface area contributed by atoms with Gasteiger partial charge in [-0.3, -0.25) is 4.68 Å². The Morgan fingerprint density at radius 1 is 1.33 bits per heavy atom. The van der Waals surface area contributed by atoms with Crippen LogP contribution in [0.3, 0.4) is 0 Å². The maximum Gasteiger partial charge on any atom is 0.0624 e. The fourth-order valence-corrected chi connectivity index (χ4v) is 1.81. The van der Waals surface area contributed by atoms with E-state index in [1.54, 1.807) is 0 Å². The van der Waals surface area contributed by atoms with Crippen LogP contribution in [0.15, 0.2) is 6.07 Å². The van der Waals surface area contributed by atoms with Crippen molar-refractivity contribution in [1.29, 1.82) is 0 Å². The molecule has 0 aliphatic rings. The lowest BCUT2D eigenvalue weighted by Crippen LogP contribution is -2.27. The number of aryl methyl sites for hydroxylation is 2. The third-order valence-electron chi connectivity index (χ3n) is 2.71. The van der Waals surface area contributed by atoms with Gasteiger partial charge in [0.15, 0.2) is 0 Å². The van der Waals surface area contributed by atoms with Gasteiger partial charge in [-0.25, -0.2) is 0 Å². The van der Waals surface area contributed by atoms with Gasteiger partial charge in [0, 0.05) is 11.7 Å². The van der Waals surface area contributed by atoms with E-state index in [9.17, 15) is 0 Å². The van der Waals surface area contributed by atoms with Crippen LogP contribution in [0.5, 0.6) is 0 Å². The summed E-state index contributed by atoms with van der Waals surface area (Å²) in [5.74, 6) is 0. The lowest BCUT2D eigenvalue weighted by molar-refractivity contribution is 0.468. The van der Waals surface area contributed by atoms with E-state index in [2.05, 4.69) is 36.6 Å². The molecule has 1 aromatic rings. The van der Waals surface area contributed by atoms with Crippen molar-refractivity contribution in [3.8, 4) is 0 Å². The molecule has 0 aliphatic carbocycles. The van der Waals surface area contributed by atoms with Crippen molar-refractivity contribution >= 4 is 0 Å². The highest BCUT2D eigenvalue weighted by Gasteiger charge is 2.08. The number of rotatable bonds is 6. The molecule has 3 heteroatoms. The van der Waals surface area contributed by atoms with Crippen LogP contribution < -0.4 is 5.73 Å².